The number of aromatic nitrogens is 3. The fourth-order valence-corrected chi connectivity index (χ4v) is 3.91. The third-order valence-corrected chi connectivity index (χ3v) is 5.91. The van der Waals surface area contributed by atoms with Crippen LogP contribution in [0.3, 0.4) is 0 Å². The van der Waals surface area contributed by atoms with Crippen molar-refractivity contribution in [1.29, 1.82) is 0 Å². The quantitative estimate of drug-likeness (QED) is 0.373. The van der Waals surface area contributed by atoms with Gasteiger partial charge in [-0.25, -0.2) is 4.68 Å². The fourth-order valence-electron chi connectivity index (χ4n) is 3.91. The van der Waals surface area contributed by atoms with Crippen LogP contribution < -0.4 is 10.9 Å². The third kappa shape index (κ3) is 4.75. The van der Waals surface area contributed by atoms with Crippen molar-refractivity contribution in [2.75, 3.05) is 13.1 Å². The molecule has 0 saturated carbocycles. The van der Waals surface area contributed by atoms with Gasteiger partial charge in [0, 0.05) is 35.4 Å². The smallest absolute Gasteiger partial charge is 0.291 e. The van der Waals surface area contributed by atoms with Crippen molar-refractivity contribution in [1.82, 2.24) is 25.0 Å². The van der Waals surface area contributed by atoms with Crippen molar-refractivity contribution in [2.24, 2.45) is 0 Å². The molecule has 3 aromatic heterocycles. The largest absolute Gasteiger partial charge is 0.468 e. The minimum absolute atomic E-state index is 0.106. The lowest BCUT2D eigenvalue weighted by molar-refractivity contribution is -0.121. The number of carbonyl (C=O) groups is 1. The van der Waals surface area contributed by atoms with E-state index in [4.69, 9.17) is 4.42 Å². The van der Waals surface area contributed by atoms with E-state index in [0.29, 0.717) is 18.1 Å². The lowest BCUT2D eigenvalue weighted by atomic mass is 10.2. The maximum atomic E-state index is 12.8. The van der Waals surface area contributed by atoms with Crippen LogP contribution in [-0.4, -0.2) is 44.7 Å². The number of hydrogen-bond acceptors (Lipinski definition) is 5. The van der Waals surface area contributed by atoms with Gasteiger partial charge in [0.2, 0.25) is 5.91 Å². The monoisotopic (exact) mass is 435 g/mol. The van der Waals surface area contributed by atoms with Gasteiger partial charge in [-0.05, 0) is 38.0 Å². The van der Waals surface area contributed by atoms with Crippen molar-refractivity contribution < 1.29 is 9.21 Å². The van der Waals surface area contributed by atoms with E-state index in [1.165, 1.54) is 4.68 Å². The number of furan rings is 1. The number of nitrogens with zero attached hydrogens (tertiary/aromatic N) is 3. The molecule has 1 amide bonds. The molecule has 0 spiro atoms. The fraction of sp³-hybridized carbons (Fsp3) is 0.375. The summed E-state index contributed by atoms with van der Waals surface area (Å²) in [4.78, 5) is 30.7. The van der Waals surface area contributed by atoms with Crippen molar-refractivity contribution in [3.63, 3.8) is 0 Å². The van der Waals surface area contributed by atoms with Gasteiger partial charge in [0.05, 0.1) is 19.0 Å². The molecular formula is C24H29N5O3. The number of benzene rings is 1. The van der Waals surface area contributed by atoms with Crippen LogP contribution in [0.5, 0.6) is 0 Å². The maximum absolute atomic E-state index is 12.8. The molecule has 0 saturated heterocycles. The standard InChI is InChI=1S/C24H29N5O3/c1-3-17(2)28(15-18-8-6-13-32-18)12-7-11-25-22(30)16-29-24(31)23-20(14-26-29)19-9-4-5-10-21(19)27-23/h4-6,8-10,13-14,17,27H,3,7,11-12,15-16H2,1-2H3,(H,25,30)/t17-/m1/s1. The Morgan fingerprint density at radius 2 is 2.09 bits per heavy atom. The molecule has 32 heavy (non-hydrogen) atoms. The van der Waals surface area contributed by atoms with Crippen LogP contribution in [0.2, 0.25) is 0 Å². The van der Waals surface area contributed by atoms with Gasteiger partial charge in [0.1, 0.15) is 17.8 Å². The molecule has 0 fully saturated rings. The lowest BCUT2D eigenvalue weighted by Crippen LogP contribution is -2.37. The van der Waals surface area contributed by atoms with Crippen LogP contribution in [0.1, 0.15) is 32.4 Å². The highest BCUT2D eigenvalue weighted by atomic mass is 16.3. The summed E-state index contributed by atoms with van der Waals surface area (Å²) in [5.41, 5.74) is 1.05. The summed E-state index contributed by atoms with van der Waals surface area (Å²) in [5.74, 6) is 0.711. The van der Waals surface area contributed by atoms with Gasteiger partial charge < -0.3 is 14.7 Å². The molecule has 0 aliphatic carbocycles. The van der Waals surface area contributed by atoms with Crippen molar-refractivity contribution in [3.05, 3.63) is 65.0 Å². The maximum Gasteiger partial charge on any atom is 0.291 e. The average Bonchev–Trinajstić information content (AvgIpc) is 3.45. The molecule has 0 bridgehead atoms. The summed E-state index contributed by atoms with van der Waals surface area (Å²) >= 11 is 0. The van der Waals surface area contributed by atoms with E-state index in [-0.39, 0.29) is 18.0 Å². The number of H-pyrrole nitrogens is 1. The Morgan fingerprint density at radius 1 is 1.25 bits per heavy atom. The molecule has 0 aliphatic heterocycles. The predicted molar refractivity (Wildman–Crippen MR) is 124 cm³/mol. The summed E-state index contributed by atoms with van der Waals surface area (Å²) in [6.07, 6.45) is 5.17. The average molecular weight is 436 g/mol. The van der Waals surface area contributed by atoms with E-state index in [2.05, 4.69) is 34.1 Å². The normalized spacial score (nSPS) is 12.6. The SMILES string of the molecule is CC[C@@H](C)N(CCCNC(=O)Cn1ncc2c([nH]c3ccccc32)c1=O)Cc1ccco1. The van der Waals surface area contributed by atoms with Gasteiger partial charge in [0.15, 0.2) is 0 Å². The molecule has 8 nitrogen and oxygen atoms in total. The number of aromatic amines is 1. The second kappa shape index (κ2) is 9.82. The summed E-state index contributed by atoms with van der Waals surface area (Å²) in [7, 11) is 0. The number of amides is 1. The highest BCUT2D eigenvalue weighted by molar-refractivity contribution is 6.06. The van der Waals surface area contributed by atoms with Crippen LogP contribution in [0, 0.1) is 0 Å². The highest BCUT2D eigenvalue weighted by Gasteiger charge is 2.15. The van der Waals surface area contributed by atoms with Gasteiger partial charge in [-0.1, -0.05) is 25.1 Å². The first-order valence-electron chi connectivity index (χ1n) is 11.1. The molecule has 8 heteroatoms. The summed E-state index contributed by atoms with van der Waals surface area (Å²) < 4.78 is 6.68. The Morgan fingerprint density at radius 3 is 2.88 bits per heavy atom. The van der Waals surface area contributed by atoms with Gasteiger partial charge in [-0.15, -0.1) is 0 Å². The summed E-state index contributed by atoms with van der Waals surface area (Å²) in [6.45, 7) is 6.38. The van der Waals surface area contributed by atoms with E-state index in [1.807, 2.05) is 36.4 Å². The number of nitrogens with one attached hydrogen (secondary N) is 2. The molecule has 4 rings (SSSR count). The van der Waals surface area contributed by atoms with E-state index in [9.17, 15) is 9.59 Å². The van der Waals surface area contributed by atoms with Crippen LogP contribution in [0.25, 0.3) is 21.8 Å². The molecule has 1 aromatic carbocycles. The Labute approximate surface area is 186 Å². The molecular weight excluding hydrogens is 406 g/mol. The van der Waals surface area contributed by atoms with E-state index >= 15 is 0 Å². The molecule has 1 atom stereocenters. The van der Waals surface area contributed by atoms with Crippen LogP contribution >= 0.6 is 0 Å². The van der Waals surface area contributed by atoms with Crippen LogP contribution in [0.4, 0.5) is 0 Å². The first kappa shape index (κ1) is 21.8. The van der Waals surface area contributed by atoms with Crippen molar-refractivity contribution in [3.8, 4) is 0 Å². The zero-order valence-corrected chi connectivity index (χ0v) is 18.5. The number of hydrogen-bond donors (Lipinski definition) is 2. The number of fused-ring (bicyclic) bond motifs is 3. The number of para-hydroxylation sites is 1. The Bertz CT molecular complexity index is 1240. The molecule has 168 valence electrons. The van der Waals surface area contributed by atoms with E-state index < -0.39 is 0 Å². The zero-order chi connectivity index (χ0) is 22.5. The topological polar surface area (TPSA) is 96.2 Å². The Kier molecular flexibility index (Phi) is 6.70. The van der Waals surface area contributed by atoms with E-state index in [0.717, 1.165) is 48.0 Å². The van der Waals surface area contributed by atoms with Gasteiger partial charge in [-0.3, -0.25) is 14.5 Å². The molecule has 4 aromatic rings. The summed E-state index contributed by atoms with van der Waals surface area (Å²) in [5, 5.41) is 8.83. The molecule has 2 N–H and O–H groups in total. The number of carbonyl (C=O) groups excluding carboxylic acids is 1. The second-order valence-electron chi connectivity index (χ2n) is 8.08. The Hall–Kier alpha value is -3.39. The van der Waals surface area contributed by atoms with E-state index in [1.54, 1.807) is 12.5 Å². The van der Waals surface area contributed by atoms with Crippen molar-refractivity contribution >= 4 is 27.7 Å². The zero-order valence-electron chi connectivity index (χ0n) is 18.5. The highest BCUT2D eigenvalue weighted by Crippen LogP contribution is 2.21. The van der Waals surface area contributed by atoms with Gasteiger partial charge >= 0.3 is 0 Å². The van der Waals surface area contributed by atoms with Crippen LogP contribution in [0.15, 0.2) is 58.1 Å². The Balaban J connectivity index is 1.32. The van der Waals surface area contributed by atoms with Gasteiger partial charge in [-0.2, -0.15) is 5.10 Å². The molecule has 3 heterocycles. The first-order valence-corrected chi connectivity index (χ1v) is 11.1. The molecule has 0 radical (unpaired) electrons. The number of rotatable bonds is 10. The lowest BCUT2D eigenvalue weighted by Gasteiger charge is -2.27. The minimum atomic E-state index is -0.296. The minimum Gasteiger partial charge on any atom is -0.468 e. The van der Waals surface area contributed by atoms with Crippen LogP contribution in [-0.2, 0) is 17.9 Å². The third-order valence-electron chi connectivity index (χ3n) is 5.91. The predicted octanol–water partition coefficient (Wildman–Crippen LogP) is 3.28. The van der Waals surface area contributed by atoms with Gasteiger partial charge in [0.25, 0.3) is 5.56 Å². The second-order valence-corrected chi connectivity index (χ2v) is 8.08. The molecule has 0 unspecified atom stereocenters. The molecule has 0 aliphatic rings. The first-order chi connectivity index (χ1) is 15.6. The summed E-state index contributed by atoms with van der Waals surface area (Å²) in [6, 6.07) is 12.0. The van der Waals surface area contributed by atoms with Crippen molar-refractivity contribution in [2.45, 2.75) is 45.8 Å².